The largest absolute Gasteiger partial charge is 0.342 e. The maximum atomic E-state index is 13.8. The summed E-state index contributed by atoms with van der Waals surface area (Å²) < 4.78 is 27.6. The lowest BCUT2D eigenvalue weighted by Gasteiger charge is -2.55. The number of carbonyl (C=O) groups excluding carboxylic acids is 1. The van der Waals surface area contributed by atoms with Gasteiger partial charge < -0.3 is 4.90 Å². The zero-order valence-corrected chi connectivity index (χ0v) is 16.2. The summed E-state index contributed by atoms with van der Waals surface area (Å²) in [5.41, 5.74) is 0.770. The molecule has 5 heteroatoms. The van der Waals surface area contributed by atoms with Crippen LogP contribution < -0.4 is 0 Å². The van der Waals surface area contributed by atoms with Crippen LogP contribution in [-0.4, -0.2) is 41.4 Å². The van der Waals surface area contributed by atoms with Crippen molar-refractivity contribution in [1.82, 2.24) is 9.80 Å². The third-order valence-corrected chi connectivity index (χ3v) is 7.32. The van der Waals surface area contributed by atoms with Crippen LogP contribution in [0.2, 0.25) is 0 Å². The van der Waals surface area contributed by atoms with Crippen molar-refractivity contribution in [3.05, 3.63) is 47.5 Å². The number of rotatable bonds is 2. The highest BCUT2D eigenvalue weighted by Gasteiger charge is 2.46. The maximum absolute atomic E-state index is 13.8. The van der Waals surface area contributed by atoms with Crippen LogP contribution in [0.3, 0.4) is 0 Å². The molecule has 1 amide bonds. The summed E-state index contributed by atoms with van der Waals surface area (Å²) in [6, 6.07) is 4.47. The van der Waals surface area contributed by atoms with Crippen LogP contribution in [0.5, 0.6) is 0 Å². The van der Waals surface area contributed by atoms with Crippen molar-refractivity contribution in [2.75, 3.05) is 19.6 Å². The minimum Gasteiger partial charge on any atom is -0.342 e. The SMILES string of the molecule is O=C(C1CC=CC1)N1C[C@@H]2C[C@H](C1)[C@@H]1CCC[C@H](c3cc(F)cc(F)c3)N1C2. The van der Waals surface area contributed by atoms with Gasteiger partial charge in [-0.05, 0) is 68.1 Å². The Bertz CT molecular complexity index is 767. The number of hydrogen-bond donors (Lipinski definition) is 0. The highest BCUT2D eigenvalue weighted by atomic mass is 19.1. The molecule has 28 heavy (non-hydrogen) atoms. The second-order valence-electron chi connectivity index (χ2n) is 9.16. The van der Waals surface area contributed by atoms with E-state index in [0.717, 1.165) is 63.4 Å². The molecule has 2 bridgehead atoms. The van der Waals surface area contributed by atoms with E-state index < -0.39 is 11.6 Å². The highest BCUT2D eigenvalue weighted by Crippen LogP contribution is 2.45. The molecule has 1 aromatic carbocycles. The predicted molar refractivity (Wildman–Crippen MR) is 103 cm³/mol. The minimum atomic E-state index is -0.490. The second-order valence-corrected chi connectivity index (χ2v) is 9.16. The molecule has 0 aromatic heterocycles. The zero-order chi connectivity index (χ0) is 19.3. The van der Waals surface area contributed by atoms with Gasteiger partial charge in [0.25, 0.3) is 0 Å². The number of hydrogen-bond acceptors (Lipinski definition) is 2. The van der Waals surface area contributed by atoms with Crippen LogP contribution in [0, 0.1) is 29.4 Å². The first kappa shape index (κ1) is 18.3. The number of piperidine rings is 3. The second kappa shape index (κ2) is 7.25. The molecule has 0 saturated carbocycles. The summed E-state index contributed by atoms with van der Waals surface area (Å²) in [6.07, 6.45) is 10.3. The Kier molecular flexibility index (Phi) is 4.74. The van der Waals surface area contributed by atoms with Crippen LogP contribution in [-0.2, 0) is 4.79 Å². The molecular weight excluding hydrogens is 358 g/mol. The van der Waals surface area contributed by atoms with Crippen molar-refractivity contribution in [3.8, 4) is 0 Å². The van der Waals surface area contributed by atoms with E-state index in [0.29, 0.717) is 23.8 Å². The average Bonchev–Trinajstić information content (AvgIpc) is 3.21. The van der Waals surface area contributed by atoms with E-state index in [1.165, 1.54) is 18.6 Å². The lowest BCUT2D eigenvalue weighted by molar-refractivity contribution is -0.143. The van der Waals surface area contributed by atoms with Crippen molar-refractivity contribution in [1.29, 1.82) is 0 Å². The molecule has 1 aliphatic carbocycles. The number of allylic oxidation sites excluding steroid dienone is 2. The molecule has 150 valence electrons. The first-order chi connectivity index (χ1) is 13.6. The molecule has 5 rings (SSSR count). The van der Waals surface area contributed by atoms with E-state index in [1.54, 1.807) is 0 Å². The Morgan fingerprint density at radius 3 is 2.46 bits per heavy atom. The Hall–Kier alpha value is -1.75. The van der Waals surface area contributed by atoms with E-state index in [9.17, 15) is 13.6 Å². The average molecular weight is 386 g/mol. The summed E-state index contributed by atoms with van der Waals surface area (Å²) in [6.45, 7) is 2.60. The fourth-order valence-electron chi connectivity index (χ4n) is 6.19. The quantitative estimate of drug-likeness (QED) is 0.708. The van der Waals surface area contributed by atoms with Crippen molar-refractivity contribution >= 4 is 5.91 Å². The number of amides is 1. The number of nitrogens with zero attached hydrogens (tertiary/aromatic N) is 2. The fraction of sp³-hybridized carbons (Fsp3) is 0.609. The van der Waals surface area contributed by atoms with Crippen LogP contribution in [0.1, 0.15) is 50.1 Å². The molecule has 4 aliphatic rings. The number of fused-ring (bicyclic) bond motifs is 4. The normalized spacial score (nSPS) is 33.1. The Balaban J connectivity index is 1.35. The Morgan fingerprint density at radius 1 is 0.964 bits per heavy atom. The third-order valence-electron chi connectivity index (χ3n) is 7.32. The molecule has 3 fully saturated rings. The molecule has 0 radical (unpaired) electrons. The summed E-state index contributed by atoms with van der Waals surface area (Å²) >= 11 is 0. The Labute approximate surface area is 165 Å². The molecule has 3 saturated heterocycles. The van der Waals surface area contributed by atoms with Crippen molar-refractivity contribution in [2.45, 2.75) is 50.6 Å². The molecule has 0 spiro atoms. The van der Waals surface area contributed by atoms with Gasteiger partial charge in [-0.2, -0.15) is 0 Å². The summed E-state index contributed by atoms with van der Waals surface area (Å²) in [5.74, 6) is 0.434. The molecule has 1 aromatic rings. The van der Waals surface area contributed by atoms with Crippen molar-refractivity contribution < 1.29 is 13.6 Å². The first-order valence-corrected chi connectivity index (χ1v) is 10.7. The van der Waals surface area contributed by atoms with Gasteiger partial charge >= 0.3 is 0 Å². The highest BCUT2D eigenvalue weighted by molar-refractivity contribution is 5.79. The van der Waals surface area contributed by atoms with E-state index in [1.807, 2.05) is 0 Å². The van der Waals surface area contributed by atoms with Gasteiger partial charge in [0.15, 0.2) is 0 Å². The standard InChI is InChI=1S/C23H28F2N2O/c24-19-9-17(10-20(25)11-19)21-6-3-7-22-18-8-15(13-27(21)22)12-26(14-18)23(28)16-4-1-2-5-16/h1-2,9-11,15-16,18,21-22H,3-8,12-14H2/t15-,18+,21+,22-/m0/s1. The minimum absolute atomic E-state index is 0.0931. The monoisotopic (exact) mass is 386 g/mol. The van der Waals surface area contributed by atoms with Crippen LogP contribution in [0.4, 0.5) is 8.78 Å². The van der Waals surface area contributed by atoms with Gasteiger partial charge in [0, 0.05) is 43.7 Å². The Morgan fingerprint density at radius 2 is 1.71 bits per heavy atom. The van der Waals surface area contributed by atoms with Crippen LogP contribution in [0.15, 0.2) is 30.4 Å². The van der Waals surface area contributed by atoms with Gasteiger partial charge in [-0.3, -0.25) is 9.69 Å². The van der Waals surface area contributed by atoms with Crippen molar-refractivity contribution in [3.63, 3.8) is 0 Å². The number of benzene rings is 1. The topological polar surface area (TPSA) is 23.6 Å². The maximum Gasteiger partial charge on any atom is 0.226 e. The lowest BCUT2D eigenvalue weighted by atomic mass is 9.73. The van der Waals surface area contributed by atoms with E-state index in [-0.39, 0.29) is 12.0 Å². The van der Waals surface area contributed by atoms with Gasteiger partial charge in [0.05, 0.1) is 0 Å². The summed E-state index contributed by atoms with van der Waals surface area (Å²) in [4.78, 5) is 17.6. The number of carbonyl (C=O) groups is 1. The van der Waals surface area contributed by atoms with Gasteiger partial charge in [-0.25, -0.2) is 8.78 Å². The molecule has 3 heterocycles. The molecule has 3 aliphatic heterocycles. The third kappa shape index (κ3) is 3.28. The van der Waals surface area contributed by atoms with E-state index >= 15 is 0 Å². The molecule has 4 atom stereocenters. The van der Waals surface area contributed by atoms with E-state index in [4.69, 9.17) is 0 Å². The van der Waals surface area contributed by atoms with Gasteiger partial charge in [0.2, 0.25) is 5.91 Å². The number of likely N-dealkylation sites (tertiary alicyclic amines) is 1. The summed E-state index contributed by atoms with van der Waals surface area (Å²) in [5, 5.41) is 0. The molecule has 3 nitrogen and oxygen atoms in total. The predicted octanol–water partition coefficient (Wildman–Crippen LogP) is 4.30. The van der Waals surface area contributed by atoms with Gasteiger partial charge in [-0.1, -0.05) is 12.2 Å². The first-order valence-electron chi connectivity index (χ1n) is 10.7. The lowest BCUT2D eigenvalue weighted by Crippen LogP contribution is -2.60. The summed E-state index contributed by atoms with van der Waals surface area (Å²) in [7, 11) is 0. The van der Waals surface area contributed by atoms with E-state index in [2.05, 4.69) is 22.0 Å². The number of halogens is 2. The fourth-order valence-corrected chi connectivity index (χ4v) is 6.19. The van der Waals surface area contributed by atoms with Gasteiger partial charge in [0.1, 0.15) is 11.6 Å². The van der Waals surface area contributed by atoms with Gasteiger partial charge in [-0.15, -0.1) is 0 Å². The smallest absolute Gasteiger partial charge is 0.226 e. The molecule has 0 unspecified atom stereocenters. The zero-order valence-electron chi connectivity index (χ0n) is 16.2. The molecule has 0 N–H and O–H groups in total. The molecular formula is C23H28F2N2O. The van der Waals surface area contributed by atoms with Crippen LogP contribution >= 0.6 is 0 Å². The van der Waals surface area contributed by atoms with Crippen molar-refractivity contribution in [2.24, 2.45) is 17.8 Å². The van der Waals surface area contributed by atoms with Crippen LogP contribution in [0.25, 0.3) is 0 Å².